The number of nitrogens with zero attached hydrogens (tertiary/aromatic N) is 3. The fourth-order valence-corrected chi connectivity index (χ4v) is 3.86. The molecule has 0 aliphatic carbocycles. The molecule has 0 aromatic heterocycles. The summed E-state index contributed by atoms with van der Waals surface area (Å²) in [6.45, 7) is 11.0. The van der Waals surface area contributed by atoms with Gasteiger partial charge in [-0.1, -0.05) is 12.1 Å². The maximum absolute atomic E-state index is 12.5. The van der Waals surface area contributed by atoms with E-state index in [9.17, 15) is 9.90 Å². The normalized spacial score (nSPS) is 14.8. The van der Waals surface area contributed by atoms with E-state index in [1.807, 2.05) is 30.3 Å². The highest BCUT2D eigenvalue weighted by atomic mass is 16.3. The van der Waals surface area contributed by atoms with Crippen molar-refractivity contribution >= 4 is 23.0 Å². The first-order valence-corrected chi connectivity index (χ1v) is 10.4. The summed E-state index contributed by atoms with van der Waals surface area (Å²) in [6, 6.07) is 15.9. The summed E-state index contributed by atoms with van der Waals surface area (Å²) in [5.41, 5.74) is 2.85. The fraction of sp³-hybridized carbons (Fsp3) is 0.435. The van der Waals surface area contributed by atoms with Gasteiger partial charge in [-0.15, -0.1) is 0 Å². The third kappa shape index (κ3) is 5.41. The number of phenolic OH excluding ortho intramolecular Hbond substituents is 1. The van der Waals surface area contributed by atoms with E-state index in [0.29, 0.717) is 18.3 Å². The molecule has 1 amide bonds. The summed E-state index contributed by atoms with van der Waals surface area (Å²) in [5, 5.41) is 13.0. The van der Waals surface area contributed by atoms with Crippen molar-refractivity contribution in [2.75, 3.05) is 54.4 Å². The molecular weight excluding hydrogens is 364 g/mol. The summed E-state index contributed by atoms with van der Waals surface area (Å²) in [4.78, 5) is 19.1. The highest BCUT2D eigenvalue weighted by molar-refractivity contribution is 5.92. The zero-order valence-corrected chi connectivity index (χ0v) is 17.6. The molecule has 0 unspecified atom stereocenters. The molecule has 3 rings (SSSR count). The third-order valence-electron chi connectivity index (χ3n) is 5.41. The minimum absolute atomic E-state index is 0.00460. The highest BCUT2D eigenvalue weighted by Crippen LogP contribution is 2.27. The maximum Gasteiger partial charge on any atom is 0.238 e. The highest BCUT2D eigenvalue weighted by Gasteiger charge is 2.20. The smallest absolute Gasteiger partial charge is 0.238 e. The van der Waals surface area contributed by atoms with Crippen molar-refractivity contribution in [1.29, 1.82) is 0 Å². The number of carbonyl (C=O) groups excluding carboxylic acids is 1. The summed E-state index contributed by atoms with van der Waals surface area (Å²) < 4.78 is 0. The van der Waals surface area contributed by atoms with E-state index in [4.69, 9.17) is 0 Å². The van der Waals surface area contributed by atoms with Crippen LogP contribution in [0.25, 0.3) is 0 Å². The summed E-state index contributed by atoms with van der Waals surface area (Å²) in [5.74, 6) is 0.311. The van der Waals surface area contributed by atoms with Crippen LogP contribution in [-0.4, -0.2) is 61.2 Å². The second-order valence-electron chi connectivity index (χ2n) is 7.73. The Labute approximate surface area is 173 Å². The molecule has 2 aromatic rings. The number of benzene rings is 2. The van der Waals surface area contributed by atoms with Crippen LogP contribution in [0.4, 0.5) is 17.1 Å². The van der Waals surface area contributed by atoms with Crippen molar-refractivity contribution in [3.8, 4) is 5.75 Å². The summed E-state index contributed by atoms with van der Waals surface area (Å²) >= 11 is 0. The molecule has 1 saturated heterocycles. The zero-order valence-electron chi connectivity index (χ0n) is 17.6. The Morgan fingerprint density at radius 1 is 1.07 bits per heavy atom. The molecule has 1 heterocycles. The number of amides is 1. The molecule has 0 spiro atoms. The van der Waals surface area contributed by atoms with Crippen LogP contribution in [0.15, 0.2) is 48.5 Å². The van der Waals surface area contributed by atoms with Crippen molar-refractivity contribution in [1.82, 2.24) is 4.90 Å². The predicted octanol–water partition coefficient (Wildman–Crippen LogP) is 3.39. The Hall–Kier alpha value is -2.73. The predicted molar refractivity (Wildman–Crippen MR) is 120 cm³/mol. The molecule has 29 heavy (non-hydrogen) atoms. The van der Waals surface area contributed by atoms with Crippen molar-refractivity contribution in [3.05, 3.63) is 48.5 Å². The van der Waals surface area contributed by atoms with Crippen LogP contribution in [0.2, 0.25) is 0 Å². The van der Waals surface area contributed by atoms with Gasteiger partial charge in [-0.3, -0.25) is 9.69 Å². The van der Waals surface area contributed by atoms with Gasteiger partial charge in [0.25, 0.3) is 0 Å². The van der Waals surface area contributed by atoms with Gasteiger partial charge in [0.1, 0.15) is 5.75 Å². The first-order valence-electron chi connectivity index (χ1n) is 10.4. The SMILES string of the molecule is CCN(c1ccc(NC(=O)CN2CCN(c3ccccc3O)CC2)cc1)C(C)C. The molecule has 6 nitrogen and oxygen atoms in total. The van der Waals surface area contributed by atoms with Crippen molar-refractivity contribution in [2.45, 2.75) is 26.8 Å². The molecule has 0 bridgehead atoms. The average molecular weight is 397 g/mol. The molecule has 1 fully saturated rings. The van der Waals surface area contributed by atoms with Crippen LogP contribution < -0.4 is 15.1 Å². The number of phenols is 1. The van der Waals surface area contributed by atoms with E-state index < -0.39 is 0 Å². The molecule has 1 aliphatic rings. The van der Waals surface area contributed by atoms with E-state index in [1.54, 1.807) is 6.07 Å². The molecule has 2 N–H and O–H groups in total. The van der Waals surface area contributed by atoms with Gasteiger partial charge in [-0.05, 0) is 57.2 Å². The minimum atomic E-state index is 0.00460. The molecule has 6 heteroatoms. The van der Waals surface area contributed by atoms with Gasteiger partial charge in [0.15, 0.2) is 0 Å². The topological polar surface area (TPSA) is 59.1 Å². The number of hydrogen-bond acceptors (Lipinski definition) is 5. The summed E-state index contributed by atoms with van der Waals surface area (Å²) in [7, 11) is 0. The fourth-order valence-electron chi connectivity index (χ4n) is 3.86. The Bertz CT molecular complexity index is 799. The van der Waals surface area contributed by atoms with Crippen LogP contribution in [0.3, 0.4) is 0 Å². The zero-order chi connectivity index (χ0) is 20.8. The Kier molecular flexibility index (Phi) is 6.99. The van der Waals surface area contributed by atoms with E-state index in [0.717, 1.165) is 44.1 Å². The van der Waals surface area contributed by atoms with Gasteiger partial charge in [-0.2, -0.15) is 0 Å². The Morgan fingerprint density at radius 2 is 1.72 bits per heavy atom. The third-order valence-corrected chi connectivity index (χ3v) is 5.41. The van der Waals surface area contributed by atoms with E-state index in [1.165, 1.54) is 5.69 Å². The maximum atomic E-state index is 12.5. The lowest BCUT2D eigenvalue weighted by Gasteiger charge is -2.35. The standard InChI is InChI=1S/C23H32N4O2/c1-4-27(18(2)3)20-11-9-19(10-12-20)24-23(29)17-25-13-15-26(16-14-25)21-7-5-6-8-22(21)28/h5-12,18,28H,4,13-17H2,1-3H3,(H,24,29). The van der Waals surface area contributed by atoms with Gasteiger partial charge in [0, 0.05) is 50.1 Å². The number of carbonyl (C=O) groups is 1. The number of piperazine rings is 1. The van der Waals surface area contributed by atoms with Crippen LogP contribution in [0.5, 0.6) is 5.75 Å². The molecule has 2 aromatic carbocycles. The van der Waals surface area contributed by atoms with Crippen LogP contribution in [-0.2, 0) is 4.79 Å². The van der Waals surface area contributed by atoms with E-state index in [2.05, 4.69) is 52.9 Å². The monoisotopic (exact) mass is 396 g/mol. The summed E-state index contributed by atoms with van der Waals surface area (Å²) in [6.07, 6.45) is 0. The quantitative estimate of drug-likeness (QED) is 0.751. The molecular formula is C23H32N4O2. The number of para-hydroxylation sites is 2. The largest absolute Gasteiger partial charge is 0.506 e. The second-order valence-corrected chi connectivity index (χ2v) is 7.73. The number of aromatic hydroxyl groups is 1. The lowest BCUT2D eigenvalue weighted by molar-refractivity contribution is -0.117. The Morgan fingerprint density at radius 3 is 2.31 bits per heavy atom. The molecule has 1 aliphatic heterocycles. The van der Waals surface area contributed by atoms with Gasteiger partial charge >= 0.3 is 0 Å². The molecule has 156 valence electrons. The number of rotatable bonds is 7. The number of nitrogens with one attached hydrogen (secondary N) is 1. The molecule has 0 atom stereocenters. The Balaban J connectivity index is 1.48. The van der Waals surface area contributed by atoms with Gasteiger partial charge in [0.05, 0.1) is 12.2 Å². The molecule has 0 radical (unpaired) electrons. The minimum Gasteiger partial charge on any atom is -0.506 e. The first kappa shape index (κ1) is 21.0. The lowest BCUT2D eigenvalue weighted by Crippen LogP contribution is -2.48. The van der Waals surface area contributed by atoms with Gasteiger partial charge in [0.2, 0.25) is 5.91 Å². The lowest BCUT2D eigenvalue weighted by atomic mass is 10.2. The van der Waals surface area contributed by atoms with Crippen molar-refractivity contribution in [3.63, 3.8) is 0 Å². The van der Waals surface area contributed by atoms with Crippen molar-refractivity contribution in [2.24, 2.45) is 0 Å². The molecule has 0 saturated carbocycles. The average Bonchev–Trinajstić information content (AvgIpc) is 2.70. The van der Waals surface area contributed by atoms with Gasteiger partial charge < -0.3 is 20.2 Å². The van der Waals surface area contributed by atoms with Crippen LogP contribution >= 0.6 is 0 Å². The number of anilines is 3. The van der Waals surface area contributed by atoms with Crippen molar-refractivity contribution < 1.29 is 9.90 Å². The second kappa shape index (κ2) is 9.65. The van der Waals surface area contributed by atoms with Crippen LogP contribution in [0, 0.1) is 0 Å². The van der Waals surface area contributed by atoms with E-state index in [-0.39, 0.29) is 5.91 Å². The van der Waals surface area contributed by atoms with Crippen LogP contribution in [0.1, 0.15) is 20.8 Å². The van der Waals surface area contributed by atoms with E-state index >= 15 is 0 Å². The van der Waals surface area contributed by atoms with Gasteiger partial charge in [-0.25, -0.2) is 0 Å². The first-order chi connectivity index (χ1) is 14.0. The number of hydrogen-bond donors (Lipinski definition) is 2.